The maximum atomic E-state index is 9.92. The Morgan fingerprint density at radius 2 is 2.00 bits per heavy atom. The summed E-state index contributed by atoms with van der Waals surface area (Å²) in [6, 6.07) is 6.65. The zero-order chi connectivity index (χ0) is 15.8. The van der Waals surface area contributed by atoms with Crippen LogP contribution in [-0.2, 0) is 12.8 Å². The molecule has 0 amide bonds. The van der Waals surface area contributed by atoms with Gasteiger partial charge in [-0.3, -0.25) is 9.97 Å². The highest BCUT2D eigenvalue weighted by molar-refractivity contribution is 5.76. The summed E-state index contributed by atoms with van der Waals surface area (Å²) in [6.07, 6.45) is 9.97. The lowest BCUT2D eigenvalue weighted by atomic mass is 9.89. The molecule has 1 saturated carbocycles. The van der Waals surface area contributed by atoms with E-state index in [-0.39, 0.29) is 0 Å². The van der Waals surface area contributed by atoms with Gasteiger partial charge in [0.25, 0.3) is 0 Å². The first kappa shape index (κ1) is 14.4. The highest BCUT2D eigenvalue weighted by Gasteiger charge is 2.29. The van der Waals surface area contributed by atoms with Crippen molar-refractivity contribution in [2.45, 2.75) is 57.8 Å². The van der Waals surface area contributed by atoms with Gasteiger partial charge in [0.05, 0.1) is 11.3 Å². The molecule has 2 aromatic rings. The lowest BCUT2D eigenvalue weighted by molar-refractivity contribution is 0.690. The van der Waals surface area contributed by atoms with Crippen LogP contribution in [0.4, 0.5) is 0 Å². The number of nitriles is 1. The summed E-state index contributed by atoms with van der Waals surface area (Å²) in [5.41, 5.74) is 7.69. The standard InChI is InChI=1S/C20H21N3/c1-13-11-15(9-10-22-13)19-16-7-4-8-18(16)23-20(17(19)12-21)14-5-2-3-6-14/h9-11,14H,2-8H2,1H3. The summed E-state index contributed by atoms with van der Waals surface area (Å²) in [7, 11) is 0. The largest absolute Gasteiger partial charge is 0.262 e. The third kappa shape index (κ3) is 2.43. The van der Waals surface area contributed by atoms with E-state index in [9.17, 15) is 5.26 Å². The first-order chi connectivity index (χ1) is 11.3. The van der Waals surface area contributed by atoms with Gasteiger partial charge in [0.2, 0.25) is 0 Å². The van der Waals surface area contributed by atoms with Crippen LogP contribution in [0.25, 0.3) is 11.1 Å². The Morgan fingerprint density at radius 3 is 2.74 bits per heavy atom. The van der Waals surface area contributed by atoms with E-state index < -0.39 is 0 Å². The maximum absolute atomic E-state index is 9.92. The second-order valence-electron chi connectivity index (χ2n) is 6.80. The van der Waals surface area contributed by atoms with Gasteiger partial charge in [-0.25, -0.2) is 0 Å². The van der Waals surface area contributed by atoms with Crippen LogP contribution in [0, 0.1) is 18.3 Å². The number of pyridine rings is 2. The molecule has 0 aliphatic heterocycles. The quantitative estimate of drug-likeness (QED) is 0.822. The van der Waals surface area contributed by atoms with Gasteiger partial charge < -0.3 is 0 Å². The van der Waals surface area contributed by atoms with Gasteiger partial charge in [-0.15, -0.1) is 0 Å². The minimum absolute atomic E-state index is 0.470. The summed E-state index contributed by atoms with van der Waals surface area (Å²) >= 11 is 0. The van der Waals surface area contributed by atoms with Crippen LogP contribution in [0.2, 0.25) is 0 Å². The molecule has 116 valence electrons. The van der Waals surface area contributed by atoms with Gasteiger partial charge in [0.1, 0.15) is 6.07 Å². The predicted octanol–water partition coefficient (Wildman–Crippen LogP) is 4.47. The van der Waals surface area contributed by atoms with Crippen LogP contribution in [0.3, 0.4) is 0 Å². The smallest absolute Gasteiger partial charge is 0.102 e. The van der Waals surface area contributed by atoms with Crippen molar-refractivity contribution >= 4 is 0 Å². The fourth-order valence-electron chi connectivity index (χ4n) is 4.23. The highest BCUT2D eigenvalue weighted by atomic mass is 14.8. The van der Waals surface area contributed by atoms with Gasteiger partial charge >= 0.3 is 0 Å². The van der Waals surface area contributed by atoms with E-state index in [4.69, 9.17) is 4.98 Å². The molecule has 4 rings (SSSR count). The van der Waals surface area contributed by atoms with E-state index in [0.717, 1.165) is 47.3 Å². The average molecular weight is 303 g/mol. The molecule has 1 fully saturated rings. The van der Waals surface area contributed by atoms with Crippen LogP contribution in [0.15, 0.2) is 18.3 Å². The first-order valence-corrected chi connectivity index (χ1v) is 8.66. The third-order valence-electron chi connectivity index (χ3n) is 5.29. The predicted molar refractivity (Wildman–Crippen MR) is 90.2 cm³/mol. The Labute approximate surface area is 137 Å². The number of fused-ring (bicyclic) bond motifs is 1. The second-order valence-corrected chi connectivity index (χ2v) is 6.80. The topological polar surface area (TPSA) is 49.6 Å². The van der Waals surface area contributed by atoms with Gasteiger partial charge in [-0.05, 0) is 62.3 Å². The van der Waals surface area contributed by atoms with Gasteiger partial charge in [-0.1, -0.05) is 12.8 Å². The van der Waals surface area contributed by atoms with Crippen molar-refractivity contribution in [2.24, 2.45) is 0 Å². The number of aryl methyl sites for hydroxylation is 2. The Bertz CT molecular complexity index is 795. The van der Waals surface area contributed by atoms with E-state index in [2.05, 4.69) is 17.1 Å². The molecular formula is C20H21N3. The minimum Gasteiger partial charge on any atom is -0.262 e. The third-order valence-corrected chi connectivity index (χ3v) is 5.29. The summed E-state index contributed by atoms with van der Waals surface area (Å²) in [5.74, 6) is 0.470. The number of hydrogen-bond acceptors (Lipinski definition) is 3. The molecule has 0 spiro atoms. The fourth-order valence-corrected chi connectivity index (χ4v) is 4.23. The van der Waals surface area contributed by atoms with Crippen molar-refractivity contribution in [2.75, 3.05) is 0 Å². The molecule has 0 N–H and O–H groups in total. The molecular weight excluding hydrogens is 282 g/mol. The van der Waals surface area contributed by atoms with Crippen molar-refractivity contribution in [3.63, 3.8) is 0 Å². The van der Waals surface area contributed by atoms with Gasteiger partial charge in [-0.2, -0.15) is 5.26 Å². The van der Waals surface area contributed by atoms with Crippen LogP contribution < -0.4 is 0 Å². The zero-order valence-corrected chi connectivity index (χ0v) is 13.6. The molecule has 0 atom stereocenters. The van der Waals surface area contributed by atoms with Gasteiger partial charge in [0.15, 0.2) is 0 Å². The van der Waals surface area contributed by atoms with Crippen molar-refractivity contribution < 1.29 is 0 Å². The summed E-state index contributed by atoms with van der Waals surface area (Å²) < 4.78 is 0. The molecule has 3 nitrogen and oxygen atoms in total. The van der Waals surface area contributed by atoms with E-state index >= 15 is 0 Å². The normalized spacial score (nSPS) is 17.2. The molecule has 2 heterocycles. The summed E-state index contributed by atoms with van der Waals surface area (Å²) in [6.45, 7) is 2.01. The Kier molecular flexibility index (Phi) is 3.61. The van der Waals surface area contributed by atoms with Crippen molar-refractivity contribution in [1.29, 1.82) is 5.26 Å². The molecule has 0 saturated heterocycles. The lowest BCUT2D eigenvalue weighted by Gasteiger charge is -2.18. The Hall–Kier alpha value is -2.21. The fraction of sp³-hybridized carbons (Fsp3) is 0.450. The van der Waals surface area contributed by atoms with Crippen LogP contribution >= 0.6 is 0 Å². The zero-order valence-electron chi connectivity index (χ0n) is 13.6. The van der Waals surface area contributed by atoms with Gasteiger partial charge in [0, 0.05) is 29.1 Å². The number of aromatic nitrogens is 2. The Morgan fingerprint density at radius 1 is 1.17 bits per heavy atom. The van der Waals surface area contributed by atoms with Crippen LogP contribution in [-0.4, -0.2) is 9.97 Å². The van der Waals surface area contributed by atoms with E-state index in [1.165, 1.54) is 36.9 Å². The number of hydrogen-bond donors (Lipinski definition) is 0. The highest BCUT2D eigenvalue weighted by Crippen LogP contribution is 2.41. The van der Waals surface area contributed by atoms with Crippen LogP contribution in [0.1, 0.15) is 66.2 Å². The van der Waals surface area contributed by atoms with Crippen LogP contribution in [0.5, 0.6) is 0 Å². The van der Waals surface area contributed by atoms with E-state index in [1.807, 2.05) is 19.2 Å². The SMILES string of the molecule is Cc1cc(-c2c(C#N)c(C3CCCC3)nc3c2CCC3)ccn1. The first-order valence-electron chi connectivity index (χ1n) is 8.66. The molecule has 0 radical (unpaired) electrons. The molecule has 2 aliphatic rings. The van der Waals surface area contributed by atoms with E-state index in [1.54, 1.807) is 0 Å². The second kappa shape index (κ2) is 5.77. The molecule has 0 unspecified atom stereocenters. The maximum Gasteiger partial charge on any atom is 0.102 e. The lowest BCUT2D eigenvalue weighted by Crippen LogP contribution is -2.07. The monoisotopic (exact) mass is 303 g/mol. The molecule has 0 aromatic carbocycles. The number of rotatable bonds is 2. The van der Waals surface area contributed by atoms with Crippen molar-refractivity contribution in [3.05, 3.63) is 46.5 Å². The molecule has 3 heteroatoms. The molecule has 2 aromatic heterocycles. The minimum atomic E-state index is 0.470. The Balaban J connectivity index is 1.98. The summed E-state index contributed by atoms with van der Waals surface area (Å²) in [4.78, 5) is 9.29. The van der Waals surface area contributed by atoms with Crippen molar-refractivity contribution in [3.8, 4) is 17.2 Å². The van der Waals surface area contributed by atoms with E-state index in [0.29, 0.717) is 5.92 Å². The molecule has 23 heavy (non-hydrogen) atoms. The summed E-state index contributed by atoms with van der Waals surface area (Å²) in [5, 5.41) is 9.92. The molecule has 0 bridgehead atoms. The number of nitrogens with zero attached hydrogens (tertiary/aromatic N) is 3. The molecule has 2 aliphatic carbocycles. The van der Waals surface area contributed by atoms with Crippen molar-refractivity contribution in [1.82, 2.24) is 9.97 Å². The average Bonchev–Trinajstić information content (AvgIpc) is 3.24.